The van der Waals surface area contributed by atoms with Gasteiger partial charge in [-0.25, -0.2) is 9.97 Å². The normalized spacial score (nSPS) is 15.3. The zero-order chi connectivity index (χ0) is 16.2. The number of nitrogens with one attached hydrogen (secondary N) is 1. The Labute approximate surface area is 135 Å². The second-order valence-corrected chi connectivity index (χ2v) is 5.87. The summed E-state index contributed by atoms with van der Waals surface area (Å²) in [6.45, 7) is 5.52. The van der Waals surface area contributed by atoms with Crippen LogP contribution in [0.4, 0.5) is 11.8 Å². The van der Waals surface area contributed by atoms with Crippen LogP contribution < -0.4 is 10.2 Å². The van der Waals surface area contributed by atoms with E-state index in [2.05, 4.69) is 25.3 Å². The van der Waals surface area contributed by atoms with Crippen molar-refractivity contribution in [3.63, 3.8) is 0 Å². The Morgan fingerprint density at radius 2 is 1.87 bits per heavy atom. The zero-order valence-corrected chi connectivity index (χ0v) is 13.5. The largest absolute Gasteiger partial charge is 0.360 e. The third-order valence-electron chi connectivity index (χ3n) is 3.83. The van der Waals surface area contributed by atoms with E-state index in [-0.39, 0.29) is 5.91 Å². The molecule has 1 aliphatic rings. The molecule has 0 unspecified atom stereocenters. The molecule has 3 rings (SSSR count). The van der Waals surface area contributed by atoms with Crippen molar-refractivity contribution in [2.75, 3.05) is 23.3 Å². The Balaban J connectivity index is 1.80. The van der Waals surface area contributed by atoms with Crippen LogP contribution in [-0.4, -0.2) is 34.1 Å². The second-order valence-electron chi connectivity index (χ2n) is 5.87. The van der Waals surface area contributed by atoms with Crippen LogP contribution in [0.3, 0.4) is 0 Å². The number of nitrogens with zero attached hydrogens (tertiary/aromatic N) is 4. The smallest absolute Gasteiger partial charge is 0.275 e. The minimum absolute atomic E-state index is 0.306. The Bertz CT molecular complexity index is 690. The van der Waals surface area contributed by atoms with E-state index >= 15 is 0 Å². The first-order valence-electron chi connectivity index (χ1n) is 7.97. The fourth-order valence-corrected chi connectivity index (χ4v) is 2.69. The summed E-state index contributed by atoms with van der Waals surface area (Å²) in [4.78, 5) is 23.5. The van der Waals surface area contributed by atoms with Gasteiger partial charge in [0.2, 0.25) is 5.95 Å². The first-order valence-corrected chi connectivity index (χ1v) is 7.97. The molecule has 7 nitrogen and oxygen atoms in total. The molecule has 3 heterocycles. The van der Waals surface area contributed by atoms with Gasteiger partial charge in [-0.15, -0.1) is 0 Å². The topological polar surface area (TPSA) is 84.2 Å². The van der Waals surface area contributed by atoms with Gasteiger partial charge in [0, 0.05) is 24.8 Å². The third kappa shape index (κ3) is 3.85. The molecule has 1 amide bonds. The van der Waals surface area contributed by atoms with E-state index in [1.165, 1.54) is 12.8 Å². The van der Waals surface area contributed by atoms with E-state index in [0.717, 1.165) is 31.6 Å². The standard InChI is InChI=1S/C16H21N5O2/c1-11-9-13(15(22)19-14-10-12(2)23-20-14)18-16(17-11)21-7-5-3-4-6-8-21/h9-10H,3-8H2,1-2H3,(H,19,20,22). The van der Waals surface area contributed by atoms with Gasteiger partial charge in [0.15, 0.2) is 5.82 Å². The molecule has 0 atom stereocenters. The van der Waals surface area contributed by atoms with Crippen LogP contribution >= 0.6 is 0 Å². The van der Waals surface area contributed by atoms with Crippen LogP contribution in [-0.2, 0) is 0 Å². The lowest BCUT2D eigenvalue weighted by molar-refractivity contribution is 0.102. The molecule has 23 heavy (non-hydrogen) atoms. The number of aromatic nitrogens is 3. The number of hydrogen-bond acceptors (Lipinski definition) is 6. The maximum absolute atomic E-state index is 12.4. The fourth-order valence-electron chi connectivity index (χ4n) is 2.69. The summed E-state index contributed by atoms with van der Waals surface area (Å²) in [5.41, 5.74) is 1.12. The van der Waals surface area contributed by atoms with E-state index in [9.17, 15) is 4.79 Å². The van der Waals surface area contributed by atoms with Gasteiger partial charge < -0.3 is 14.7 Å². The summed E-state index contributed by atoms with van der Waals surface area (Å²) in [6, 6.07) is 3.35. The number of anilines is 2. The molecule has 0 aliphatic carbocycles. The van der Waals surface area contributed by atoms with Gasteiger partial charge in [0.05, 0.1) is 0 Å². The number of amides is 1. The van der Waals surface area contributed by atoms with E-state index in [1.807, 2.05) is 6.92 Å². The molecule has 0 radical (unpaired) electrons. The SMILES string of the molecule is Cc1cc(C(=O)Nc2cc(C)on2)nc(N2CCCCCC2)n1. The van der Waals surface area contributed by atoms with Gasteiger partial charge >= 0.3 is 0 Å². The van der Waals surface area contributed by atoms with Gasteiger partial charge in [-0.1, -0.05) is 18.0 Å². The lowest BCUT2D eigenvalue weighted by Gasteiger charge is -2.20. The highest BCUT2D eigenvalue weighted by atomic mass is 16.5. The van der Waals surface area contributed by atoms with Gasteiger partial charge in [-0.2, -0.15) is 0 Å². The van der Waals surface area contributed by atoms with Crippen molar-refractivity contribution in [1.82, 2.24) is 15.1 Å². The van der Waals surface area contributed by atoms with E-state index in [4.69, 9.17) is 4.52 Å². The van der Waals surface area contributed by atoms with E-state index in [0.29, 0.717) is 23.2 Å². The molecule has 2 aromatic heterocycles. The zero-order valence-electron chi connectivity index (χ0n) is 13.5. The highest BCUT2D eigenvalue weighted by Gasteiger charge is 2.17. The monoisotopic (exact) mass is 315 g/mol. The van der Waals surface area contributed by atoms with Gasteiger partial charge in [-0.05, 0) is 32.8 Å². The van der Waals surface area contributed by atoms with Crippen molar-refractivity contribution < 1.29 is 9.32 Å². The van der Waals surface area contributed by atoms with Gasteiger partial charge in [-0.3, -0.25) is 4.79 Å². The summed E-state index contributed by atoms with van der Waals surface area (Å²) in [5.74, 6) is 1.36. The predicted molar refractivity (Wildman–Crippen MR) is 86.6 cm³/mol. The average molecular weight is 315 g/mol. The molecule has 7 heteroatoms. The van der Waals surface area contributed by atoms with Crippen molar-refractivity contribution in [2.45, 2.75) is 39.5 Å². The summed E-state index contributed by atoms with van der Waals surface area (Å²) < 4.78 is 4.95. The predicted octanol–water partition coefficient (Wildman–Crippen LogP) is 2.71. The first-order chi connectivity index (χ1) is 11.1. The molecule has 0 saturated carbocycles. The molecular weight excluding hydrogens is 294 g/mol. The number of carbonyl (C=O) groups excluding carboxylic acids is 1. The lowest BCUT2D eigenvalue weighted by Crippen LogP contribution is -2.27. The van der Waals surface area contributed by atoms with Crippen LogP contribution in [0.5, 0.6) is 0 Å². The third-order valence-corrected chi connectivity index (χ3v) is 3.83. The van der Waals surface area contributed by atoms with Crippen molar-refractivity contribution in [1.29, 1.82) is 0 Å². The van der Waals surface area contributed by atoms with Crippen LogP contribution in [0.15, 0.2) is 16.7 Å². The molecule has 1 N–H and O–H groups in total. The quantitative estimate of drug-likeness (QED) is 0.937. The summed E-state index contributed by atoms with van der Waals surface area (Å²) in [5, 5.41) is 6.46. The first kappa shape index (κ1) is 15.5. The molecule has 1 fully saturated rings. The number of rotatable bonds is 3. The van der Waals surface area contributed by atoms with Crippen LogP contribution in [0.1, 0.15) is 47.6 Å². The molecule has 0 aromatic carbocycles. The van der Waals surface area contributed by atoms with Crippen molar-refractivity contribution in [3.8, 4) is 0 Å². The summed E-state index contributed by atoms with van der Waals surface area (Å²) in [7, 11) is 0. The number of carbonyl (C=O) groups is 1. The average Bonchev–Trinajstić information content (AvgIpc) is 2.77. The maximum atomic E-state index is 12.4. The van der Waals surface area contributed by atoms with E-state index in [1.54, 1.807) is 19.1 Å². The molecule has 2 aromatic rings. The minimum atomic E-state index is -0.306. The van der Waals surface area contributed by atoms with E-state index < -0.39 is 0 Å². The number of hydrogen-bond donors (Lipinski definition) is 1. The Hall–Kier alpha value is -2.44. The Kier molecular flexibility index (Phi) is 4.55. The molecule has 0 spiro atoms. The lowest BCUT2D eigenvalue weighted by atomic mass is 10.2. The van der Waals surface area contributed by atoms with Crippen molar-refractivity contribution in [2.24, 2.45) is 0 Å². The molecular formula is C16H21N5O2. The molecule has 0 bridgehead atoms. The van der Waals surface area contributed by atoms with Crippen LogP contribution in [0, 0.1) is 13.8 Å². The molecule has 1 saturated heterocycles. The Morgan fingerprint density at radius 1 is 1.13 bits per heavy atom. The van der Waals surface area contributed by atoms with Gasteiger partial charge in [0.1, 0.15) is 11.5 Å². The van der Waals surface area contributed by atoms with Crippen molar-refractivity contribution >= 4 is 17.7 Å². The fraction of sp³-hybridized carbons (Fsp3) is 0.500. The maximum Gasteiger partial charge on any atom is 0.275 e. The van der Waals surface area contributed by atoms with Crippen LogP contribution in [0.2, 0.25) is 0 Å². The van der Waals surface area contributed by atoms with Crippen molar-refractivity contribution in [3.05, 3.63) is 29.3 Å². The van der Waals surface area contributed by atoms with Gasteiger partial charge in [0.25, 0.3) is 5.91 Å². The molecule has 1 aliphatic heterocycles. The summed E-state index contributed by atoms with van der Waals surface area (Å²) >= 11 is 0. The number of aryl methyl sites for hydroxylation is 2. The highest BCUT2D eigenvalue weighted by Crippen LogP contribution is 2.17. The highest BCUT2D eigenvalue weighted by molar-refractivity contribution is 6.02. The Morgan fingerprint density at radius 3 is 2.52 bits per heavy atom. The second kappa shape index (κ2) is 6.76. The summed E-state index contributed by atoms with van der Waals surface area (Å²) in [6.07, 6.45) is 4.75. The molecule has 122 valence electrons. The van der Waals surface area contributed by atoms with Crippen LogP contribution in [0.25, 0.3) is 0 Å². The minimum Gasteiger partial charge on any atom is -0.360 e.